The molecule has 0 aromatic heterocycles. The number of Topliss-reactive ketones (excluding diaryl/α,β-unsaturated/α-hetero) is 1. The molecule has 2 fully saturated rings. The van der Waals surface area contributed by atoms with Crippen molar-refractivity contribution in [2.24, 2.45) is 5.92 Å². The van der Waals surface area contributed by atoms with E-state index in [9.17, 15) is 4.79 Å². The molecule has 0 amide bonds. The van der Waals surface area contributed by atoms with Crippen molar-refractivity contribution < 1.29 is 4.79 Å². The molecular formula is C16H30N2O. The second-order valence-corrected chi connectivity index (χ2v) is 6.28. The summed E-state index contributed by atoms with van der Waals surface area (Å²) in [6.45, 7) is 1.06. The summed E-state index contributed by atoms with van der Waals surface area (Å²) >= 11 is 0. The molecule has 3 nitrogen and oxygen atoms in total. The van der Waals surface area contributed by atoms with E-state index in [4.69, 9.17) is 0 Å². The first-order valence-corrected chi connectivity index (χ1v) is 8.27. The lowest BCUT2D eigenvalue weighted by Gasteiger charge is -2.16. The van der Waals surface area contributed by atoms with E-state index >= 15 is 0 Å². The SMILES string of the molecule is CNCCCCC1NC2CCCCCCCC2C1=O. The Labute approximate surface area is 117 Å². The second kappa shape index (κ2) is 8.01. The fourth-order valence-corrected chi connectivity index (χ4v) is 3.68. The molecule has 3 atom stereocenters. The molecule has 19 heavy (non-hydrogen) atoms. The largest absolute Gasteiger partial charge is 0.320 e. The standard InChI is InChI=1S/C16H30N2O/c1-17-12-8-7-11-15-16(19)13-9-5-3-2-4-6-10-14(13)18-15/h13-15,17-18H,2-12H2,1H3. The van der Waals surface area contributed by atoms with Crippen molar-refractivity contribution in [2.75, 3.05) is 13.6 Å². The summed E-state index contributed by atoms with van der Waals surface area (Å²) in [4.78, 5) is 12.5. The maximum absolute atomic E-state index is 12.5. The van der Waals surface area contributed by atoms with E-state index in [0.717, 1.165) is 25.8 Å². The highest BCUT2D eigenvalue weighted by atomic mass is 16.1. The Kier molecular flexibility index (Phi) is 6.32. The Balaban J connectivity index is 1.82. The third-order valence-electron chi connectivity index (χ3n) is 4.81. The third-order valence-corrected chi connectivity index (χ3v) is 4.81. The van der Waals surface area contributed by atoms with Gasteiger partial charge in [0.05, 0.1) is 6.04 Å². The zero-order valence-corrected chi connectivity index (χ0v) is 12.4. The van der Waals surface area contributed by atoms with Gasteiger partial charge in [0.1, 0.15) is 0 Å². The van der Waals surface area contributed by atoms with Gasteiger partial charge in [0.2, 0.25) is 0 Å². The first-order valence-electron chi connectivity index (χ1n) is 8.27. The lowest BCUT2D eigenvalue weighted by Crippen LogP contribution is -2.32. The fraction of sp³-hybridized carbons (Fsp3) is 0.938. The molecule has 0 radical (unpaired) electrons. The number of ketones is 1. The lowest BCUT2D eigenvalue weighted by molar-refractivity contribution is -0.122. The van der Waals surface area contributed by atoms with Crippen LogP contribution in [-0.4, -0.2) is 31.5 Å². The maximum atomic E-state index is 12.5. The second-order valence-electron chi connectivity index (χ2n) is 6.28. The highest BCUT2D eigenvalue weighted by Gasteiger charge is 2.40. The zero-order valence-electron chi connectivity index (χ0n) is 12.4. The van der Waals surface area contributed by atoms with Crippen molar-refractivity contribution >= 4 is 5.78 Å². The summed E-state index contributed by atoms with van der Waals surface area (Å²) in [5.74, 6) is 0.851. The van der Waals surface area contributed by atoms with Gasteiger partial charge in [-0.3, -0.25) is 4.79 Å². The van der Waals surface area contributed by atoms with E-state index in [2.05, 4.69) is 10.6 Å². The number of carbonyl (C=O) groups excluding carboxylic acids is 1. The van der Waals surface area contributed by atoms with Crippen LogP contribution in [0.15, 0.2) is 0 Å². The molecule has 2 aliphatic rings. The number of unbranched alkanes of at least 4 members (excludes halogenated alkanes) is 1. The minimum Gasteiger partial charge on any atom is -0.320 e. The number of hydrogen-bond donors (Lipinski definition) is 2. The van der Waals surface area contributed by atoms with E-state index < -0.39 is 0 Å². The van der Waals surface area contributed by atoms with Crippen LogP contribution in [0.1, 0.15) is 64.2 Å². The normalized spacial score (nSPS) is 32.5. The lowest BCUT2D eigenvalue weighted by atomic mass is 9.90. The molecule has 2 rings (SSSR count). The van der Waals surface area contributed by atoms with Crippen molar-refractivity contribution in [3.05, 3.63) is 0 Å². The van der Waals surface area contributed by atoms with Crippen LogP contribution >= 0.6 is 0 Å². The summed E-state index contributed by atoms with van der Waals surface area (Å²) in [6, 6.07) is 0.645. The molecule has 3 heteroatoms. The van der Waals surface area contributed by atoms with Crippen LogP contribution in [0.4, 0.5) is 0 Å². The van der Waals surface area contributed by atoms with Gasteiger partial charge in [-0.2, -0.15) is 0 Å². The van der Waals surface area contributed by atoms with Crippen molar-refractivity contribution in [3.63, 3.8) is 0 Å². The van der Waals surface area contributed by atoms with Gasteiger partial charge < -0.3 is 10.6 Å². The van der Waals surface area contributed by atoms with Crippen molar-refractivity contribution in [3.8, 4) is 0 Å². The van der Waals surface area contributed by atoms with Gasteiger partial charge >= 0.3 is 0 Å². The summed E-state index contributed by atoms with van der Waals surface area (Å²) in [5.41, 5.74) is 0. The van der Waals surface area contributed by atoms with Crippen LogP contribution in [0.25, 0.3) is 0 Å². The molecule has 2 N–H and O–H groups in total. The summed E-state index contributed by atoms with van der Waals surface area (Å²) in [7, 11) is 1.99. The molecule has 3 unspecified atom stereocenters. The Morgan fingerprint density at radius 1 is 1.11 bits per heavy atom. The molecule has 0 aromatic carbocycles. The number of carbonyl (C=O) groups is 1. The van der Waals surface area contributed by atoms with Gasteiger partial charge in [-0.25, -0.2) is 0 Å². The smallest absolute Gasteiger partial charge is 0.154 e. The van der Waals surface area contributed by atoms with E-state index in [-0.39, 0.29) is 6.04 Å². The Hall–Kier alpha value is -0.410. The third kappa shape index (κ3) is 4.28. The highest BCUT2D eigenvalue weighted by molar-refractivity contribution is 5.89. The molecule has 1 saturated carbocycles. The predicted octanol–water partition coefficient (Wildman–Crippen LogP) is 2.65. The van der Waals surface area contributed by atoms with Crippen LogP contribution in [0.3, 0.4) is 0 Å². The van der Waals surface area contributed by atoms with Gasteiger partial charge in [-0.15, -0.1) is 0 Å². The number of hydrogen-bond acceptors (Lipinski definition) is 3. The van der Waals surface area contributed by atoms with Crippen molar-refractivity contribution in [2.45, 2.75) is 76.3 Å². The van der Waals surface area contributed by atoms with Crippen LogP contribution in [0.5, 0.6) is 0 Å². The summed E-state index contributed by atoms with van der Waals surface area (Å²) in [5, 5.41) is 6.82. The van der Waals surface area contributed by atoms with E-state index in [1.165, 1.54) is 44.9 Å². The average molecular weight is 266 g/mol. The predicted molar refractivity (Wildman–Crippen MR) is 79.3 cm³/mol. The van der Waals surface area contributed by atoms with Crippen molar-refractivity contribution in [1.29, 1.82) is 0 Å². The molecule has 1 heterocycles. The Morgan fingerprint density at radius 2 is 1.84 bits per heavy atom. The first-order chi connectivity index (χ1) is 9.33. The molecule has 0 spiro atoms. The summed E-state index contributed by atoms with van der Waals surface area (Å²) in [6.07, 6.45) is 12.3. The maximum Gasteiger partial charge on any atom is 0.154 e. The van der Waals surface area contributed by atoms with Gasteiger partial charge in [0.15, 0.2) is 5.78 Å². The van der Waals surface area contributed by atoms with Crippen LogP contribution in [0.2, 0.25) is 0 Å². The minimum atomic E-state index is 0.159. The van der Waals surface area contributed by atoms with E-state index in [1.54, 1.807) is 0 Å². The quantitative estimate of drug-likeness (QED) is 0.752. The van der Waals surface area contributed by atoms with Gasteiger partial charge in [-0.05, 0) is 39.3 Å². The fourth-order valence-electron chi connectivity index (χ4n) is 3.68. The van der Waals surface area contributed by atoms with Gasteiger partial charge in [-0.1, -0.05) is 38.5 Å². The van der Waals surface area contributed by atoms with Crippen LogP contribution < -0.4 is 10.6 Å². The molecule has 1 aliphatic heterocycles. The first kappa shape index (κ1) is 15.0. The summed E-state index contributed by atoms with van der Waals surface area (Å²) < 4.78 is 0. The molecular weight excluding hydrogens is 236 g/mol. The topological polar surface area (TPSA) is 41.1 Å². The molecule has 1 aliphatic carbocycles. The number of fused-ring (bicyclic) bond motifs is 1. The number of nitrogens with one attached hydrogen (secondary N) is 2. The monoisotopic (exact) mass is 266 g/mol. The van der Waals surface area contributed by atoms with Crippen LogP contribution in [0, 0.1) is 5.92 Å². The van der Waals surface area contributed by atoms with Gasteiger partial charge in [0.25, 0.3) is 0 Å². The zero-order chi connectivity index (χ0) is 13.5. The van der Waals surface area contributed by atoms with E-state index in [0.29, 0.717) is 17.7 Å². The molecule has 1 saturated heterocycles. The van der Waals surface area contributed by atoms with Crippen LogP contribution in [-0.2, 0) is 4.79 Å². The Bertz CT molecular complexity index is 280. The Morgan fingerprint density at radius 3 is 2.63 bits per heavy atom. The molecule has 0 bridgehead atoms. The average Bonchev–Trinajstić information content (AvgIpc) is 2.76. The highest BCUT2D eigenvalue weighted by Crippen LogP contribution is 2.30. The number of rotatable bonds is 5. The minimum absolute atomic E-state index is 0.159. The molecule has 110 valence electrons. The van der Waals surface area contributed by atoms with Crippen molar-refractivity contribution in [1.82, 2.24) is 10.6 Å². The molecule has 0 aromatic rings. The van der Waals surface area contributed by atoms with E-state index in [1.807, 2.05) is 7.05 Å². The van der Waals surface area contributed by atoms with Gasteiger partial charge in [0, 0.05) is 12.0 Å².